The lowest BCUT2D eigenvalue weighted by molar-refractivity contribution is -0.301. The molecular weight excluding hydrogens is 1040 g/mol. The van der Waals surface area contributed by atoms with Crippen molar-refractivity contribution in [3.05, 3.63) is 85.1 Å². The molecule has 1 rings (SSSR count). The molecule has 0 aliphatic carbocycles. The second-order valence-electron chi connectivity index (χ2n) is 22.7. The van der Waals surface area contributed by atoms with Gasteiger partial charge in [-0.05, 0) is 77.0 Å². The maximum atomic E-state index is 13.1. The molecule has 1 heterocycles. The summed E-state index contributed by atoms with van der Waals surface area (Å²) in [6.45, 7) is 5.81. The summed E-state index contributed by atoms with van der Waals surface area (Å²) in [6.07, 6.45) is 64.3. The fourth-order valence-corrected chi connectivity index (χ4v) is 9.89. The summed E-state index contributed by atoms with van der Waals surface area (Å²) in [5.74, 6) is -3.28. The molecule has 0 aromatic rings. The van der Waals surface area contributed by atoms with Crippen LogP contribution in [0, 0.1) is 0 Å². The molecule has 476 valence electrons. The molecule has 0 amide bonds. The van der Waals surface area contributed by atoms with E-state index < -0.39 is 67.3 Å². The second kappa shape index (κ2) is 58.3. The van der Waals surface area contributed by atoms with E-state index in [1.54, 1.807) is 6.08 Å². The van der Waals surface area contributed by atoms with Crippen molar-refractivity contribution in [2.24, 2.45) is 0 Å². The summed E-state index contributed by atoms with van der Waals surface area (Å²) < 4.78 is 28.4. The van der Waals surface area contributed by atoms with Crippen LogP contribution in [0.5, 0.6) is 0 Å². The Labute approximate surface area is 505 Å². The number of esters is 3. The molecule has 6 atom stereocenters. The largest absolute Gasteiger partial charge is 0.479 e. The van der Waals surface area contributed by atoms with E-state index in [0.29, 0.717) is 19.3 Å². The van der Waals surface area contributed by atoms with Crippen LogP contribution < -0.4 is 0 Å². The van der Waals surface area contributed by atoms with Crippen molar-refractivity contribution in [2.45, 2.75) is 327 Å². The smallest absolute Gasteiger partial charge is 0.335 e. The standard InChI is InChI=1S/C71H120O12/c1-4-7-10-13-16-19-22-25-28-30-32-34-37-39-42-45-48-51-54-57-63(72)79-60-62(81-64(73)58-55-52-49-46-43-40-36-27-24-21-18-15-12-9-6-3)61-80-71-69(67(76)66(75)68(83-71)70(77)78)82-65(74)59-56-53-50-47-44-41-38-35-33-31-29-26-23-20-17-14-11-8-5-2/h9,12,17-18,20-21,26-27,29,36,43,46,52,55,62,66-69,71,75-76H,4-8,10-11,13-16,19,22-25,28,30-35,37-42,44-45,47-51,53-54,56-61H2,1-3H3,(H,77,78)/b12-9-,20-17-,21-18-,29-26-,36-27-,46-43-,55-52-. The van der Waals surface area contributed by atoms with Crippen molar-refractivity contribution in [1.29, 1.82) is 0 Å². The van der Waals surface area contributed by atoms with Gasteiger partial charge in [-0.2, -0.15) is 0 Å². The van der Waals surface area contributed by atoms with Crippen LogP contribution in [0.2, 0.25) is 0 Å². The Kier molecular flexibility index (Phi) is 54.0. The van der Waals surface area contributed by atoms with Crippen LogP contribution in [0.25, 0.3) is 0 Å². The highest BCUT2D eigenvalue weighted by molar-refractivity contribution is 5.74. The van der Waals surface area contributed by atoms with Crippen molar-refractivity contribution in [3.63, 3.8) is 0 Å². The minimum atomic E-state index is -1.92. The van der Waals surface area contributed by atoms with Gasteiger partial charge in [-0.15, -0.1) is 0 Å². The van der Waals surface area contributed by atoms with Crippen molar-refractivity contribution in [2.75, 3.05) is 13.2 Å². The van der Waals surface area contributed by atoms with E-state index in [2.05, 4.69) is 87.6 Å². The molecule has 6 unspecified atom stereocenters. The van der Waals surface area contributed by atoms with Gasteiger partial charge >= 0.3 is 23.9 Å². The molecule has 0 saturated carbocycles. The first kappa shape index (κ1) is 76.9. The zero-order chi connectivity index (χ0) is 60.3. The van der Waals surface area contributed by atoms with Gasteiger partial charge in [-0.3, -0.25) is 14.4 Å². The summed E-state index contributed by atoms with van der Waals surface area (Å²) in [7, 11) is 0. The highest BCUT2D eigenvalue weighted by Gasteiger charge is 2.50. The number of aliphatic carboxylic acids is 1. The van der Waals surface area contributed by atoms with E-state index in [1.807, 2.05) is 12.2 Å². The number of aliphatic hydroxyl groups is 2. The molecule has 1 aliphatic rings. The number of unbranched alkanes of at least 4 members (excludes halogenated alkanes) is 30. The van der Waals surface area contributed by atoms with Gasteiger partial charge in [0.15, 0.2) is 24.6 Å². The van der Waals surface area contributed by atoms with E-state index in [4.69, 9.17) is 23.7 Å². The summed E-state index contributed by atoms with van der Waals surface area (Å²) in [6, 6.07) is 0. The summed E-state index contributed by atoms with van der Waals surface area (Å²) in [5, 5.41) is 31.6. The van der Waals surface area contributed by atoms with Crippen LogP contribution >= 0.6 is 0 Å². The third kappa shape index (κ3) is 47.8. The average molecular weight is 1170 g/mol. The van der Waals surface area contributed by atoms with Gasteiger partial charge in [-0.25, -0.2) is 4.79 Å². The van der Waals surface area contributed by atoms with Crippen molar-refractivity contribution < 1.29 is 58.2 Å². The zero-order valence-electron chi connectivity index (χ0n) is 52.7. The Morgan fingerprint density at radius 3 is 1.24 bits per heavy atom. The lowest BCUT2D eigenvalue weighted by Gasteiger charge is -2.40. The molecule has 1 fully saturated rings. The zero-order valence-corrected chi connectivity index (χ0v) is 52.7. The van der Waals surface area contributed by atoms with Crippen LogP contribution in [-0.4, -0.2) is 89.2 Å². The Balaban J connectivity index is 2.67. The first-order valence-electron chi connectivity index (χ1n) is 33.6. The van der Waals surface area contributed by atoms with Gasteiger partial charge in [0.25, 0.3) is 0 Å². The summed E-state index contributed by atoms with van der Waals surface area (Å²) in [4.78, 5) is 51.3. The van der Waals surface area contributed by atoms with E-state index in [-0.39, 0.29) is 25.9 Å². The van der Waals surface area contributed by atoms with Crippen LogP contribution in [0.3, 0.4) is 0 Å². The topological polar surface area (TPSA) is 175 Å². The summed E-state index contributed by atoms with van der Waals surface area (Å²) in [5.41, 5.74) is 0. The Hall–Kier alpha value is -4.10. The maximum Gasteiger partial charge on any atom is 0.335 e. The molecular formula is C71H120O12. The maximum absolute atomic E-state index is 13.1. The third-order valence-corrected chi connectivity index (χ3v) is 15.0. The molecule has 0 aromatic heterocycles. The van der Waals surface area contributed by atoms with Crippen LogP contribution in [-0.2, 0) is 42.9 Å². The molecule has 12 heteroatoms. The molecule has 1 saturated heterocycles. The van der Waals surface area contributed by atoms with E-state index in [0.717, 1.165) is 83.5 Å². The number of carboxylic acid groups (broad SMARTS) is 1. The Morgan fingerprint density at radius 2 is 0.795 bits per heavy atom. The normalized spacial score (nSPS) is 18.1. The minimum absolute atomic E-state index is 0.0437. The number of allylic oxidation sites excluding steroid dienone is 13. The monoisotopic (exact) mass is 1160 g/mol. The quantitative estimate of drug-likeness (QED) is 0.0228. The van der Waals surface area contributed by atoms with Crippen molar-refractivity contribution >= 4 is 23.9 Å². The molecule has 0 spiro atoms. The lowest BCUT2D eigenvalue weighted by atomic mass is 9.98. The van der Waals surface area contributed by atoms with Gasteiger partial charge in [-0.1, -0.05) is 279 Å². The number of aliphatic hydroxyl groups excluding tert-OH is 2. The minimum Gasteiger partial charge on any atom is -0.479 e. The molecule has 1 aliphatic heterocycles. The predicted octanol–water partition coefficient (Wildman–Crippen LogP) is 18.2. The van der Waals surface area contributed by atoms with Crippen molar-refractivity contribution in [1.82, 2.24) is 0 Å². The van der Waals surface area contributed by atoms with Gasteiger partial charge in [0.2, 0.25) is 0 Å². The number of carbonyl (C=O) groups excluding carboxylic acids is 3. The predicted molar refractivity (Wildman–Crippen MR) is 340 cm³/mol. The first-order chi connectivity index (χ1) is 40.6. The highest BCUT2D eigenvalue weighted by Crippen LogP contribution is 2.27. The fraction of sp³-hybridized carbons (Fsp3) is 0.746. The van der Waals surface area contributed by atoms with E-state index in [9.17, 15) is 34.5 Å². The fourth-order valence-electron chi connectivity index (χ4n) is 9.89. The number of ether oxygens (including phenoxy) is 5. The number of hydrogen-bond donors (Lipinski definition) is 3. The molecule has 0 radical (unpaired) electrons. The van der Waals surface area contributed by atoms with Gasteiger partial charge in [0, 0.05) is 12.8 Å². The third-order valence-electron chi connectivity index (χ3n) is 15.0. The Bertz CT molecular complexity index is 1760. The first-order valence-corrected chi connectivity index (χ1v) is 33.6. The molecule has 0 aromatic carbocycles. The van der Waals surface area contributed by atoms with Gasteiger partial charge < -0.3 is 39.0 Å². The SMILES string of the molecule is CC/C=C\C/C=C\C/C=C\C/C=C\C/C=C\CC(=O)OC(COC(=O)CCCCCCCCCCCCCCCCCCCCC)COC1OC(C(=O)O)C(O)C(O)C1OC(=O)CCCCCCCCCCC/C=C\C/C=C\CCCCC. The van der Waals surface area contributed by atoms with E-state index in [1.165, 1.54) is 148 Å². The molecule has 3 N–H and O–H groups in total. The van der Waals surface area contributed by atoms with E-state index >= 15 is 0 Å². The second-order valence-corrected chi connectivity index (χ2v) is 22.7. The molecule has 12 nitrogen and oxygen atoms in total. The number of carboxylic acids is 1. The number of carbonyl (C=O) groups is 4. The highest BCUT2D eigenvalue weighted by atomic mass is 16.7. The summed E-state index contributed by atoms with van der Waals surface area (Å²) >= 11 is 0. The molecule has 83 heavy (non-hydrogen) atoms. The van der Waals surface area contributed by atoms with Gasteiger partial charge in [0.05, 0.1) is 13.0 Å². The number of hydrogen-bond acceptors (Lipinski definition) is 11. The van der Waals surface area contributed by atoms with Crippen LogP contribution in [0.1, 0.15) is 290 Å². The lowest BCUT2D eigenvalue weighted by Crippen LogP contribution is -2.61. The molecule has 0 bridgehead atoms. The average Bonchev–Trinajstić information content (AvgIpc) is 3.60. The van der Waals surface area contributed by atoms with Crippen LogP contribution in [0.15, 0.2) is 85.1 Å². The van der Waals surface area contributed by atoms with Gasteiger partial charge in [0.1, 0.15) is 18.8 Å². The van der Waals surface area contributed by atoms with Crippen LogP contribution in [0.4, 0.5) is 0 Å². The Morgan fingerprint density at radius 1 is 0.422 bits per heavy atom. The number of rotatable bonds is 57. The van der Waals surface area contributed by atoms with Crippen molar-refractivity contribution in [3.8, 4) is 0 Å².